The highest BCUT2D eigenvalue weighted by molar-refractivity contribution is 6.15. The zero-order valence-electron chi connectivity index (χ0n) is 16.7. The number of fused-ring (bicyclic) bond motifs is 3. The van der Waals surface area contributed by atoms with E-state index in [0.717, 1.165) is 28.2 Å². The Kier molecular flexibility index (Phi) is 4.85. The number of rotatable bonds is 4. The van der Waals surface area contributed by atoms with Crippen molar-refractivity contribution >= 4 is 11.9 Å². The van der Waals surface area contributed by atoms with Gasteiger partial charge in [0.25, 0.3) is 0 Å². The van der Waals surface area contributed by atoms with Gasteiger partial charge in [-0.25, -0.2) is 0 Å². The van der Waals surface area contributed by atoms with Gasteiger partial charge in [-0.1, -0.05) is 12.1 Å². The number of ketones is 1. The lowest BCUT2D eigenvalue weighted by Gasteiger charge is -2.32. The molecule has 0 aliphatic carbocycles. The van der Waals surface area contributed by atoms with Gasteiger partial charge >= 0.3 is 0 Å². The molecule has 2 aromatic rings. The molecule has 0 saturated carbocycles. The summed E-state index contributed by atoms with van der Waals surface area (Å²) < 4.78 is 17.5. The molecule has 5 nitrogen and oxygen atoms in total. The molecule has 0 unspecified atom stereocenters. The average Bonchev–Trinajstić information content (AvgIpc) is 3.00. The van der Waals surface area contributed by atoms with Crippen LogP contribution in [-0.4, -0.2) is 30.1 Å². The van der Waals surface area contributed by atoms with E-state index in [4.69, 9.17) is 14.2 Å². The highest BCUT2D eigenvalue weighted by Crippen LogP contribution is 2.44. The highest BCUT2D eigenvalue weighted by atomic mass is 16.5. The van der Waals surface area contributed by atoms with Crippen LogP contribution < -0.4 is 14.2 Å². The number of hydrogen-bond acceptors (Lipinski definition) is 5. The van der Waals surface area contributed by atoms with E-state index in [1.807, 2.05) is 44.2 Å². The molecule has 0 radical (unpaired) electrons. The number of nitrogens with zero attached hydrogens (tertiary/aromatic N) is 1. The number of carbonyl (C=O) groups excluding carboxylic acids is 1. The first-order valence-corrected chi connectivity index (χ1v) is 9.68. The van der Waals surface area contributed by atoms with E-state index in [1.165, 1.54) is 0 Å². The molecule has 2 aromatic carbocycles. The average molecular weight is 379 g/mol. The molecule has 0 N–H and O–H groups in total. The molecular formula is C23H25NO4. The van der Waals surface area contributed by atoms with Crippen molar-refractivity contribution < 1.29 is 19.0 Å². The van der Waals surface area contributed by atoms with E-state index in [1.54, 1.807) is 6.08 Å². The number of benzene rings is 2. The Labute approximate surface area is 165 Å². The zero-order valence-corrected chi connectivity index (χ0v) is 16.7. The maximum Gasteiger partial charge on any atom is 0.232 e. The summed E-state index contributed by atoms with van der Waals surface area (Å²) in [6.45, 7) is 10.0. The van der Waals surface area contributed by atoms with Crippen molar-refractivity contribution in [2.24, 2.45) is 0 Å². The van der Waals surface area contributed by atoms with Crippen LogP contribution in [0.3, 0.4) is 0 Å². The lowest BCUT2D eigenvalue weighted by Crippen LogP contribution is -2.37. The summed E-state index contributed by atoms with van der Waals surface area (Å²) in [7, 11) is 0. The number of hydrogen-bond donors (Lipinski definition) is 0. The highest BCUT2D eigenvalue weighted by Gasteiger charge is 2.35. The molecule has 28 heavy (non-hydrogen) atoms. The minimum atomic E-state index is -0.0779. The Bertz CT molecular complexity index is 944. The lowest BCUT2D eigenvalue weighted by atomic mass is 9.98. The molecule has 2 heterocycles. The molecule has 2 aliphatic rings. The predicted octanol–water partition coefficient (Wildman–Crippen LogP) is 4.57. The van der Waals surface area contributed by atoms with Gasteiger partial charge in [-0.3, -0.25) is 9.69 Å². The molecule has 0 saturated heterocycles. The van der Waals surface area contributed by atoms with E-state index in [9.17, 15) is 4.79 Å². The van der Waals surface area contributed by atoms with Crippen LogP contribution >= 0.6 is 0 Å². The van der Waals surface area contributed by atoms with Crippen LogP contribution in [0.15, 0.2) is 36.1 Å². The molecule has 0 fully saturated rings. The van der Waals surface area contributed by atoms with E-state index in [2.05, 4.69) is 18.7 Å². The van der Waals surface area contributed by atoms with Gasteiger partial charge in [-0.15, -0.1) is 0 Å². The number of carbonyl (C=O) groups is 1. The number of ether oxygens (including phenoxy) is 3. The number of allylic oxidation sites excluding steroid dienone is 1. The predicted molar refractivity (Wildman–Crippen MR) is 108 cm³/mol. The van der Waals surface area contributed by atoms with Crippen LogP contribution in [0.5, 0.6) is 17.2 Å². The topological polar surface area (TPSA) is 48.0 Å². The SMILES string of the molecule is CCOc1ccc(/C=C2\Oc3c4c(cc(C)c3C2=O)OCN(C(C)C)C4)cc1. The molecule has 0 aromatic heterocycles. The largest absolute Gasteiger partial charge is 0.494 e. The van der Waals surface area contributed by atoms with Crippen molar-refractivity contribution in [3.05, 3.63) is 58.3 Å². The van der Waals surface area contributed by atoms with Gasteiger partial charge in [0.1, 0.15) is 24.0 Å². The molecule has 0 amide bonds. The van der Waals surface area contributed by atoms with E-state index in [-0.39, 0.29) is 5.78 Å². The second-order valence-electron chi connectivity index (χ2n) is 7.43. The maximum absolute atomic E-state index is 13.0. The molecule has 0 spiro atoms. The summed E-state index contributed by atoms with van der Waals surface area (Å²) in [5, 5.41) is 0. The molecule has 146 valence electrons. The Hall–Kier alpha value is -2.79. The molecule has 4 rings (SSSR count). The molecule has 0 bridgehead atoms. The fraction of sp³-hybridized carbons (Fsp3) is 0.348. The number of Topliss-reactive ketones (excluding diaryl/α,β-unsaturated/α-hetero) is 1. The van der Waals surface area contributed by atoms with Crippen LogP contribution in [0.1, 0.15) is 47.8 Å². The van der Waals surface area contributed by atoms with Crippen molar-refractivity contribution in [2.45, 2.75) is 40.3 Å². The molecule has 0 atom stereocenters. The van der Waals surface area contributed by atoms with Crippen molar-refractivity contribution in [3.63, 3.8) is 0 Å². The van der Waals surface area contributed by atoms with Gasteiger partial charge in [-0.2, -0.15) is 0 Å². The fourth-order valence-corrected chi connectivity index (χ4v) is 3.56. The van der Waals surface area contributed by atoms with Crippen LogP contribution in [0.25, 0.3) is 6.08 Å². The third-order valence-electron chi connectivity index (χ3n) is 5.17. The molecule has 2 aliphatic heterocycles. The normalized spacial score (nSPS) is 17.3. The first-order chi connectivity index (χ1) is 13.5. The van der Waals surface area contributed by atoms with Gasteiger partial charge < -0.3 is 14.2 Å². The lowest BCUT2D eigenvalue weighted by molar-refractivity contribution is 0.0673. The van der Waals surface area contributed by atoms with Gasteiger partial charge in [-0.05, 0) is 63.1 Å². The van der Waals surface area contributed by atoms with Crippen molar-refractivity contribution in [3.8, 4) is 17.2 Å². The maximum atomic E-state index is 13.0. The quantitative estimate of drug-likeness (QED) is 0.728. The number of aryl methyl sites for hydroxylation is 1. The third-order valence-corrected chi connectivity index (χ3v) is 5.17. The van der Waals surface area contributed by atoms with E-state index < -0.39 is 0 Å². The van der Waals surface area contributed by atoms with Crippen molar-refractivity contribution in [1.82, 2.24) is 4.90 Å². The summed E-state index contributed by atoms with van der Waals surface area (Å²) >= 11 is 0. The minimum Gasteiger partial charge on any atom is -0.494 e. The first-order valence-electron chi connectivity index (χ1n) is 9.68. The third kappa shape index (κ3) is 3.27. The monoisotopic (exact) mass is 379 g/mol. The second-order valence-corrected chi connectivity index (χ2v) is 7.43. The Morgan fingerprint density at radius 3 is 2.68 bits per heavy atom. The summed E-state index contributed by atoms with van der Waals surface area (Å²) in [6, 6.07) is 9.93. The summed E-state index contributed by atoms with van der Waals surface area (Å²) in [4.78, 5) is 15.2. The smallest absolute Gasteiger partial charge is 0.232 e. The van der Waals surface area contributed by atoms with E-state index >= 15 is 0 Å². The fourth-order valence-electron chi connectivity index (χ4n) is 3.56. The van der Waals surface area contributed by atoms with Gasteiger partial charge in [0, 0.05) is 12.6 Å². The first kappa shape index (κ1) is 18.6. The summed E-state index contributed by atoms with van der Waals surface area (Å²) in [6.07, 6.45) is 1.79. The van der Waals surface area contributed by atoms with E-state index in [0.29, 0.717) is 43.0 Å². The van der Waals surface area contributed by atoms with Gasteiger partial charge in [0.05, 0.1) is 17.7 Å². The summed E-state index contributed by atoms with van der Waals surface area (Å²) in [5.41, 5.74) is 3.37. The zero-order chi connectivity index (χ0) is 19.8. The molecular weight excluding hydrogens is 354 g/mol. The van der Waals surface area contributed by atoms with Crippen LogP contribution in [0.2, 0.25) is 0 Å². The van der Waals surface area contributed by atoms with Crippen LogP contribution in [0, 0.1) is 6.92 Å². The van der Waals surface area contributed by atoms with Crippen LogP contribution in [-0.2, 0) is 6.54 Å². The Morgan fingerprint density at radius 1 is 1.25 bits per heavy atom. The summed E-state index contributed by atoms with van der Waals surface area (Å²) in [5.74, 6) is 2.52. The Balaban J connectivity index is 1.68. The van der Waals surface area contributed by atoms with Gasteiger partial charge in [0.15, 0.2) is 5.76 Å². The molecule has 5 heteroatoms. The van der Waals surface area contributed by atoms with Gasteiger partial charge in [0.2, 0.25) is 5.78 Å². The van der Waals surface area contributed by atoms with Crippen LogP contribution in [0.4, 0.5) is 0 Å². The Morgan fingerprint density at radius 2 is 2.00 bits per heavy atom. The second kappa shape index (κ2) is 7.32. The van der Waals surface area contributed by atoms with Crippen molar-refractivity contribution in [1.29, 1.82) is 0 Å². The standard InChI is InChI=1S/C23H25NO4/c1-5-26-17-8-6-16(7-9-17)11-20-22(25)21-15(4)10-19-18(23(21)28-20)12-24(13-27-19)14(2)3/h6-11,14H,5,12-13H2,1-4H3/b20-11-. The van der Waals surface area contributed by atoms with Crippen molar-refractivity contribution in [2.75, 3.05) is 13.3 Å². The minimum absolute atomic E-state index is 0.0779.